The fourth-order valence-electron chi connectivity index (χ4n) is 3.22. The molecule has 1 aliphatic heterocycles. The summed E-state index contributed by atoms with van der Waals surface area (Å²) in [6, 6.07) is 8.99. The van der Waals surface area contributed by atoms with E-state index in [1.807, 2.05) is 30.3 Å². The van der Waals surface area contributed by atoms with Crippen molar-refractivity contribution < 1.29 is 24.2 Å². The third kappa shape index (κ3) is 7.19. The topological polar surface area (TPSA) is 99.2 Å². The molecule has 0 aliphatic carbocycles. The molecule has 0 bridgehead atoms. The molecule has 8 nitrogen and oxygen atoms in total. The van der Waals surface area contributed by atoms with Crippen LogP contribution in [0.25, 0.3) is 0 Å². The molecule has 2 N–H and O–H groups in total. The van der Waals surface area contributed by atoms with Crippen molar-refractivity contribution in [2.45, 2.75) is 31.7 Å². The van der Waals surface area contributed by atoms with Crippen molar-refractivity contribution in [3.05, 3.63) is 35.9 Å². The van der Waals surface area contributed by atoms with Crippen LogP contribution < -0.4 is 5.32 Å². The highest BCUT2D eigenvalue weighted by atomic mass is 16.5. The number of hydrogen-bond acceptors (Lipinski definition) is 4. The van der Waals surface area contributed by atoms with Gasteiger partial charge in [0, 0.05) is 39.2 Å². The fraction of sp³-hybridized carbons (Fsp3) is 0.550. The monoisotopic (exact) mass is 391 g/mol. The Labute approximate surface area is 165 Å². The van der Waals surface area contributed by atoms with Crippen LogP contribution in [0.4, 0.5) is 4.79 Å². The Kier molecular flexibility index (Phi) is 8.74. The summed E-state index contributed by atoms with van der Waals surface area (Å²) in [4.78, 5) is 39.3. The minimum atomic E-state index is -0.897. The van der Waals surface area contributed by atoms with Crippen LogP contribution in [0.3, 0.4) is 0 Å². The molecule has 0 spiro atoms. The molecular weight excluding hydrogens is 362 g/mol. The van der Waals surface area contributed by atoms with Gasteiger partial charge < -0.3 is 25.0 Å². The number of nitrogens with one attached hydrogen (secondary N) is 1. The Hall–Kier alpha value is -2.61. The molecule has 0 saturated carbocycles. The van der Waals surface area contributed by atoms with Gasteiger partial charge in [0.2, 0.25) is 5.91 Å². The summed E-state index contributed by atoms with van der Waals surface area (Å²) in [5.41, 5.74) is 1.02. The number of ether oxygens (including phenoxy) is 1. The van der Waals surface area contributed by atoms with Gasteiger partial charge in [-0.25, -0.2) is 4.79 Å². The first-order chi connectivity index (χ1) is 13.5. The van der Waals surface area contributed by atoms with Crippen molar-refractivity contribution in [2.24, 2.45) is 0 Å². The van der Waals surface area contributed by atoms with Crippen LogP contribution in [0.5, 0.6) is 0 Å². The summed E-state index contributed by atoms with van der Waals surface area (Å²) >= 11 is 0. The van der Waals surface area contributed by atoms with E-state index in [9.17, 15) is 14.4 Å². The van der Waals surface area contributed by atoms with Crippen molar-refractivity contribution in [2.75, 3.05) is 39.9 Å². The van der Waals surface area contributed by atoms with Gasteiger partial charge in [0.05, 0.1) is 6.61 Å². The van der Waals surface area contributed by atoms with Crippen molar-refractivity contribution >= 4 is 17.9 Å². The summed E-state index contributed by atoms with van der Waals surface area (Å²) in [6.45, 7) is 2.08. The lowest BCUT2D eigenvalue weighted by molar-refractivity contribution is -0.137. The average Bonchev–Trinajstić information content (AvgIpc) is 2.86. The van der Waals surface area contributed by atoms with Crippen molar-refractivity contribution in [3.63, 3.8) is 0 Å². The predicted molar refractivity (Wildman–Crippen MR) is 104 cm³/mol. The standard InChI is InChI=1S/C20H29N3O5/c1-28-13-12-22-10-5-11-23(15-18(22)24)20(27)21-17(8-9-19(25)26)14-16-6-3-2-4-7-16/h2-4,6-7,17H,5,8-15H2,1H3,(H,21,27)(H,25,26). The lowest BCUT2D eigenvalue weighted by Gasteiger charge is -2.25. The summed E-state index contributed by atoms with van der Waals surface area (Å²) in [7, 11) is 1.59. The summed E-state index contributed by atoms with van der Waals surface area (Å²) in [5, 5.41) is 11.9. The number of amides is 3. The molecular formula is C20H29N3O5. The van der Waals surface area contributed by atoms with Crippen LogP contribution in [-0.2, 0) is 20.7 Å². The lowest BCUT2D eigenvalue weighted by atomic mass is 10.0. The normalized spacial score (nSPS) is 15.8. The Bertz CT molecular complexity index is 653. The molecule has 8 heteroatoms. The minimum Gasteiger partial charge on any atom is -0.481 e. The molecule has 0 radical (unpaired) electrons. The van der Waals surface area contributed by atoms with Crippen LogP contribution >= 0.6 is 0 Å². The summed E-state index contributed by atoms with van der Waals surface area (Å²) in [5.74, 6) is -0.999. The number of carboxylic acids is 1. The van der Waals surface area contributed by atoms with E-state index in [0.717, 1.165) is 5.56 Å². The quantitative estimate of drug-likeness (QED) is 0.662. The van der Waals surface area contributed by atoms with Gasteiger partial charge in [0.15, 0.2) is 0 Å². The minimum absolute atomic E-state index is 0.0204. The van der Waals surface area contributed by atoms with E-state index in [1.54, 1.807) is 12.0 Å². The largest absolute Gasteiger partial charge is 0.481 e. The first-order valence-electron chi connectivity index (χ1n) is 9.57. The molecule has 2 rings (SSSR count). The highest BCUT2D eigenvalue weighted by Gasteiger charge is 2.26. The van der Waals surface area contributed by atoms with Gasteiger partial charge >= 0.3 is 12.0 Å². The lowest BCUT2D eigenvalue weighted by Crippen LogP contribution is -2.48. The highest BCUT2D eigenvalue weighted by Crippen LogP contribution is 2.10. The van der Waals surface area contributed by atoms with E-state index in [-0.39, 0.29) is 30.9 Å². The number of nitrogens with zero attached hydrogens (tertiary/aromatic N) is 2. The molecule has 1 unspecified atom stereocenters. The van der Waals surface area contributed by atoms with Crippen molar-refractivity contribution in [3.8, 4) is 0 Å². The summed E-state index contributed by atoms with van der Waals surface area (Å²) in [6.07, 6.45) is 1.54. The Balaban J connectivity index is 1.97. The van der Waals surface area contributed by atoms with E-state index in [4.69, 9.17) is 9.84 Å². The number of carboxylic acid groups (broad SMARTS) is 1. The zero-order chi connectivity index (χ0) is 20.4. The smallest absolute Gasteiger partial charge is 0.318 e. The van der Waals surface area contributed by atoms with Gasteiger partial charge in [-0.05, 0) is 24.8 Å². The van der Waals surface area contributed by atoms with E-state index in [2.05, 4.69) is 5.32 Å². The first-order valence-corrected chi connectivity index (χ1v) is 9.57. The Morgan fingerprint density at radius 3 is 2.68 bits per heavy atom. The number of carbonyl (C=O) groups excluding carboxylic acids is 2. The predicted octanol–water partition coefficient (Wildman–Crippen LogP) is 1.35. The van der Waals surface area contributed by atoms with Crippen molar-refractivity contribution in [1.29, 1.82) is 0 Å². The van der Waals surface area contributed by atoms with Gasteiger partial charge in [-0.1, -0.05) is 30.3 Å². The average molecular weight is 391 g/mol. The second-order valence-corrected chi connectivity index (χ2v) is 6.92. The molecule has 1 aromatic rings. The maximum absolute atomic E-state index is 12.7. The van der Waals surface area contributed by atoms with E-state index >= 15 is 0 Å². The van der Waals surface area contributed by atoms with Gasteiger partial charge in [0.25, 0.3) is 0 Å². The maximum Gasteiger partial charge on any atom is 0.318 e. The number of hydrogen-bond donors (Lipinski definition) is 2. The van der Waals surface area contributed by atoms with E-state index < -0.39 is 5.97 Å². The van der Waals surface area contributed by atoms with Gasteiger partial charge in [-0.3, -0.25) is 9.59 Å². The summed E-state index contributed by atoms with van der Waals surface area (Å²) < 4.78 is 5.03. The SMILES string of the molecule is COCCN1CCCN(C(=O)NC(CCC(=O)O)Cc2ccccc2)CC1=O. The third-order valence-corrected chi connectivity index (χ3v) is 4.75. The van der Waals surface area contributed by atoms with Crippen LogP contribution in [0, 0.1) is 0 Å². The van der Waals surface area contributed by atoms with Gasteiger partial charge in [-0.15, -0.1) is 0 Å². The molecule has 1 saturated heterocycles. The van der Waals surface area contributed by atoms with E-state index in [1.165, 1.54) is 4.90 Å². The Morgan fingerprint density at radius 1 is 1.25 bits per heavy atom. The zero-order valence-corrected chi connectivity index (χ0v) is 16.3. The molecule has 28 heavy (non-hydrogen) atoms. The second-order valence-electron chi connectivity index (χ2n) is 6.92. The number of rotatable bonds is 9. The van der Waals surface area contributed by atoms with Crippen LogP contribution in [0.15, 0.2) is 30.3 Å². The van der Waals surface area contributed by atoms with Gasteiger partial charge in [-0.2, -0.15) is 0 Å². The zero-order valence-electron chi connectivity index (χ0n) is 16.3. The number of aliphatic carboxylic acids is 1. The molecule has 154 valence electrons. The molecule has 1 aromatic carbocycles. The number of benzene rings is 1. The third-order valence-electron chi connectivity index (χ3n) is 4.75. The molecule has 3 amide bonds. The number of urea groups is 1. The number of carbonyl (C=O) groups is 3. The van der Waals surface area contributed by atoms with Crippen molar-refractivity contribution in [1.82, 2.24) is 15.1 Å². The number of methoxy groups -OCH3 is 1. The van der Waals surface area contributed by atoms with E-state index in [0.29, 0.717) is 45.5 Å². The first kappa shape index (κ1) is 21.7. The molecule has 1 heterocycles. The molecule has 1 aliphatic rings. The Morgan fingerprint density at radius 2 is 2.00 bits per heavy atom. The molecule has 0 aromatic heterocycles. The van der Waals surface area contributed by atoms with Gasteiger partial charge in [0.1, 0.15) is 6.54 Å². The second kappa shape index (κ2) is 11.3. The molecule has 1 atom stereocenters. The fourth-order valence-corrected chi connectivity index (χ4v) is 3.22. The van der Waals surface area contributed by atoms with Crippen LogP contribution in [0.2, 0.25) is 0 Å². The highest BCUT2D eigenvalue weighted by molar-refractivity contribution is 5.84. The van der Waals surface area contributed by atoms with Crippen LogP contribution in [0.1, 0.15) is 24.8 Å². The maximum atomic E-state index is 12.7. The molecule has 1 fully saturated rings. The van der Waals surface area contributed by atoms with Crippen LogP contribution in [-0.4, -0.2) is 78.8 Å².